The fourth-order valence-corrected chi connectivity index (χ4v) is 3.70. The van der Waals surface area contributed by atoms with Crippen molar-refractivity contribution in [3.63, 3.8) is 0 Å². The van der Waals surface area contributed by atoms with E-state index in [1.165, 1.54) is 18.7 Å². The van der Waals surface area contributed by atoms with Crippen LogP contribution in [0.15, 0.2) is 65.7 Å². The number of ether oxygens (including phenoxy) is 1. The maximum absolute atomic E-state index is 12.7. The second-order valence-corrected chi connectivity index (χ2v) is 8.60. The molecule has 1 aliphatic rings. The van der Waals surface area contributed by atoms with Gasteiger partial charge in [0.2, 0.25) is 5.91 Å². The normalized spacial score (nSPS) is 13.6. The van der Waals surface area contributed by atoms with Crippen LogP contribution in [-0.4, -0.2) is 21.7 Å². The Hall–Kier alpha value is -3.57. The van der Waals surface area contributed by atoms with Gasteiger partial charge < -0.3 is 10.1 Å². The minimum Gasteiger partial charge on any atom is -0.456 e. The first-order chi connectivity index (χ1) is 15.5. The molecule has 0 atom stereocenters. The predicted octanol–water partition coefficient (Wildman–Crippen LogP) is 4.57. The Morgan fingerprint density at radius 3 is 2.50 bits per heavy atom. The van der Waals surface area contributed by atoms with E-state index in [0.29, 0.717) is 42.0 Å². The van der Waals surface area contributed by atoms with Crippen LogP contribution in [0.2, 0.25) is 0 Å². The van der Waals surface area contributed by atoms with E-state index in [1.54, 1.807) is 24.3 Å². The molecule has 1 heterocycles. The smallest absolute Gasteiger partial charge is 0.226 e. The van der Waals surface area contributed by atoms with Gasteiger partial charge in [-0.25, -0.2) is 9.97 Å². The van der Waals surface area contributed by atoms with E-state index in [4.69, 9.17) is 4.74 Å². The number of Topliss-reactive ketones (excluding diaryl/α,β-unsaturated/α-hetero) is 1. The van der Waals surface area contributed by atoms with E-state index >= 15 is 0 Å². The summed E-state index contributed by atoms with van der Waals surface area (Å²) in [5.74, 6) is 0.829. The number of carbonyl (C=O) groups is 2. The molecule has 1 amide bonds. The molecule has 160 valence electrons. The monoisotopic (exact) mass is 490 g/mol. The van der Waals surface area contributed by atoms with Gasteiger partial charge in [0.25, 0.3) is 0 Å². The maximum Gasteiger partial charge on any atom is 0.226 e. The number of rotatable bonds is 8. The van der Waals surface area contributed by atoms with E-state index in [0.717, 1.165) is 10.0 Å². The van der Waals surface area contributed by atoms with Gasteiger partial charge in [-0.2, -0.15) is 5.26 Å². The number of benzene rings is 2. The topological polar surface area (TPSA) is 105 Å². The van der Waals surface area contributed by atoms with E-state index in [-0.39, 0.29) is 18.1 Å². The van der Waals surface area contributed by atoms with Crippen molar-refractivity contribution in [2.45, 2.75) is 25.8 Å². The molecule has 3 aromatic rings. The number of nitrogens with zero attached hydrogens (tertiary/aromatic N) is 3. The Morgan fingerprint density at radius 1 is 1.12 bits per heavy atom. The summed E-state index contributed by atoms with van der Waals surface area (Å²) in [6.07, 6.45) is 5.86. The number of amides is 1. The van der Waals surface area contributed by atoms with Crippen molar-refractivity contribution in [3.8, 4) is 17.6 Å². The lowest BCUT2D eigenvalue weighted by atomic mass is 9.95. The van der Waals surface area contributed by atoms with Crippen LogP contribution in [-0.2, 0) is 11.3 Å². The minimum atomic E-state index is -0.634. The Labute approximate surface area is 193 Å². The maximum atomic E-state index is 12.7. The Kier molecular flexibility index (Phi) is 6.28. The summed E-state index contributed by atoms with van der Waals surface area (Å²) in [5, 5.41) is 12.2. The molecule has 1 aliphatic carbocycles. The van der Waals surface area contributed by atoms with E-state index in [2.05, 4.69) is 37.3 Å². The van der Waals surface area contributed by atoms with Crippen LogP contribution in [0.1, 0.15) is 40.7 Å². The molecule has 0 saturated heterocycles. The van der Waals surface area contributed by atoms with Crippen molar-refractivity contribution in [1.29, 1.82) is 5.26 Å². The molecule has 1 fully saturated rings. The average molecular weight is 491 g/mol. The van der Waals surface area contributed by atoms with Crippen LogP contribution in [0.4, 0.5) is 0 Å². The number of halogens is 1. The molecule has 1 aromatic heterocycles. The van der Waals surface area contributed by atoms with Gasteiger partial charge in [-0.05, 0) is 48.7 Å². The fraction of sp³-hybridized carbons (Fsp3) is 0.208. The summed E-state index contributed by atoms with van der Waals surface area (Å²) in [6.45, 7) is 0.352. The largest absolute Gasteiger partial charge is 0.456 e. The van der Waals surface area contributed by atoms with Gasteiger partial charge >= 0.3 is 0 Å². The minimum absolute atomic E-state index is 0.114. The van der Waals surface area contributed by atoms with Crippen molar-refractivity contribution in [3.05, 3.63) is 82.3 Å². The SMILES string of the molecule is N#Cc1cc(Br)ccc1Oc1ccc(CNC(=O)C2(CC(=O)c3cncnc3)CC2)cc1. The van der Waals surface area contributed by atoms with Crippen LogP contribution in [0.3, 0.4) is 0 Å². The first-order valence-corrected chi connectivity index (χ1v) is 10.8. The van der Waals surface area contributed by atoms with Crippen molar-refractivity contribution < 1.29 is 14.3 Å². The zero-order chi connectivity index (χ0) is 22.6. The summed E-state index contributed by atoms with van der Waals surface area (Å²) in [5.41, 5.74) is 1.13. The molecule has 4 rings (SSSR count). The highest BCUT2D eigenvalue weighted by atomic mass is 79.9. The summed E-state index contributed by atoms with van der Waals surface area (Å²) in [4.78, 5) is 32.9. The second-order valence-electron chi connectivity index (χ2n) is 7.69. The van der Waals surface area contributed by atoms with Crippen LogP contribution in [0.5, 0.6) is 11.5 Å². The van der Waals surface area contributed by atoms with Gasteiger partial charge in [-0.15, -0.1) is 0 Å². The number of carbonyl (C=O) groups excluding carboxylic acids is 2. The zero-order valence-electron chi connectivity index (χ0n) is 17.0. The molecule has 0 spiro atoms. The van der Waals surface area contributed by atoms with E-state index in [1.807, 2.05) is 18.2 Å². The van der Waals surface area contributed by atoms with Crippen LogP contribution in [0.25, 0.3) is 0 Å². The third kappa shape index (κ3) is 5.01. The Morgan fingerprint density at radius 2 is 1.84 bits per heavy atom. The summed E-state index contributed by atoms with van der Waals surface area (Å²) in [6, 6.07) is 14.6. The average Bonchev–Trinajstić information content (AvgIpc) is 3.60. The number of hydrogen-bond acceptors (Lipinski definition) is 6. The quantitative estimate of drug-likeness (QED) is 0.463. The molecule has 2 aromatic carbocycles. The lowest BCUT2D eigenvalue weighted by Crippen LogP contribution is -2.33. The van der Waals surface area contributed by atoms with Gasteiger partial charge in [0.05, 0.1) is 16.5 Å². The third-order valence-corrected chi connectivity index (χ3v) is 5.88. The van der Waals surface area contributed by atoms with Crippen molar-refractivity contribution in [2.75, 3.05) is 0 Å². The third-order valence-electron chi connectivity index (χ3n) is 5.38. The van der Waals surface area contributed by atoms with Crippen molar-refractivity contribution in [1.82, 2.24) is 15.3 Å². The Bertz CT molecular complexity index is 1190. The predicted molar refractivity (Wildman–Crippen MR) is 120 cm³/mol. The fourth-order valence-electron chi connectivity index (χ4n) is 3.34. The summed E-state index contributed by atoms with van der Waals surface area (Å²) >= 11 is 3.34. The number of aromatic nitrogens is 2. The Balaban J connectivity index is 1.33. The highest BCUT2D eigenvalue weighted by Crippen LogP contribution is 2.49. The molecule has 1 saturated carbocycles. The van der Waals surface area contributed by atoms with Crippen LogP contribution >= 0.6 is 15.9 Å². The lowest BCUT2D eigenvalue weighted by molar-refractivity contribution is -0.126. The summed E-state index contributed by atoms with van der Waals surface area (Å²) < 4.78 is 6.61. The van der Waals surface area contributed by atoms with Gasteiger partial charge in [0.15, 0.2) is 5.78 Å². The first kappa shape index (κ1) is 21.7. The van der Waals surface area contributed by atoms with E-state index in [9.17, 15) is 14.9 Å². The second kappa shape index (κ2) is 9.28. The van der Waals surface area contributed by atoms with Crippen LogP contribution in [0, 0.1) is 16.7 Å². The van der Waals surface area contributed by atoms with Gasteiger partial charge in [0, 0.05) is 29.8 Å². The lowest BCUT2D eigenvalue weighted by Gasteiger charge is -2.15. The van der Waals surface area contributed by atoms with Gasteiger partial charge in [-0.3, -0.25) is 9.59 Å². The molecule has 32 heavy (non-hydrogen) atoms. The van der Waals surface area contributed by atoms with Crippen LogP contribution < -0.4 is 10.1 Å². The molecule has 0 aliphatic heterocycles. The molecule has 7 nitrogen and oxygen atoms in total. The molecule has 0 bridgehead atoms. The van der Waals surface area contributed by atoms with Gasteiger partial charge in [0.1, 0.15) is 23.9 Å². The molecular formula is C24H19BrN4O3. The first-order valence-electron chi connectivity index (χ1n) is 10.0. The number of ketones is 1. The highest BCUT2D eigenvalue weighted by Gasteiger charge is 2.50. The number of nitriles is 1. The molecule has 0 unspecified atom stereocenters. The summed E-state index contributed by atoms with van der Waals surface area (Å²) in [7, 11) is 0. The standard InChI is InChI=1S/C24H19BrN4O3/c25-19-3-6-22(17(9-19)11-26)32-20-4-1-16(2-5-20)12-29-23(31)24(7-8-24)10-21(30)18-13-27-15-28-14-18/h1-6,9,13-15H,7-8,10,12H2,(H,29,31). The van der Waals surface area contributed by atoms with Crippen molar-refractivity contribution >= 4 is 27.6 Å². The molecule has 1 N–H and O–H groups in total. The molecule has 0 radical (unpaired) electrons. The van der Waals surface area contributed by atoms with E-state index < -0.39 is 5.41 Å². The molecule has 8 heteroatoms. The van der Waals surface area contributed by atoms with Gasteiger partial charge in [-0.1, -0.05) is 28.1 Å². The van der Waals surface area contributed by atoms with Crippen molar-refractivity contribution in [2.24, 2.45) is 5.41 Å². The zero-order valence-corrected chi connectivity index (χ0v) is 18.6. The number of nitrogens with one attached hydrogen (secondary N) is 1. The molecular weight excluding hydrogens is 472 g/mol. The number of hydrogen-bond donors (Lipinski definition) is 1. The highest BCUT2D eigenvalue weighted by molar-refractivity contribution is 9.10.